The van der Waals surface area contributed by atoms with E-state index in [1.165, 1.54) is 21.3 Å². The van der Waals surface area contributed by atoms with Gasteiger partial charge in [-0.25, -0.2) is 8.42 Å². The van der Waals surface area contributed by atoms with E-state index in [9.17, 15) is 13.2 Å². The molecule has 0 bridgehead atoms. The number of carbonyl (C=O) groups is 1. The van der Waals surface area contributed by atoms with Crippen molar-refractivity contribution in [2.45, 2.75) is 36.5 Å². The maximum atomic E-state index is 13.2. The van der Waals surface area contributed by atoms with Gasteiger partial charge in [-0.15, -0.1) is 0 Å². The summed E-state index contributed by atoms with van der Waals surface area (Å²) in [6.07, 6.45) is 5.56. The van der Waals surface area contributed by atoms with Gasteiger partial charge in [0.2, 0.25) is 10.0 Å². The van der Waals surface area contributed by atoms with E-state index in [1.807, 2.05) is 17.0 Å². The second kappa shape index (κ2) is 8.83. The van der Waals surface area contributed by atoms with Crippen LogP contribution in [0.3, 0.4) is 0 Å². The van der Waals surface area contributed by atoms with Crippen molar-refractivity contribution >= 4 is 26.8 Å². The summed E-state index contributed by atoms with van der Waals surface area (Å²) < 4.78 is 32.7. The topological polar surface area (TPSA) is 82.7 Å². The number of fused-ring (bicyclic) bond motifs is 1. The molecule has 0 radical (unpaired) electrons. The summed E-state index contributed by atoms with van der Waals surface area (Å²) in [5, 5.41) is 1.17. The highest BCUT2D eigenvalue weighted by Crippen LogP contribution is 2.35. The predicted molar refractivity (Wildman–Crippen MR) is 127 cm³/mol. The van der Waals surface area contributed by atoms with Gasteiger partial charge in [-0.3, -0.25) is 4.79 Å². The molecule has 174 valence electrons. The molecule has 5 rings (SSSR count). The number of sulfonamides is 1. The van der Waals surface area contributed by atoms with E-state index < -0.39 is 10.0 Å². The molecule has 8 heteroatoms. The third-order valence-electron chi connectivity index (χ3n) is 6.93. The minimum Gasteiger partial charge on any atom is -0.497 e. The number of hydrogen-bond donors (Lipinski definition) is 1. The fraction of sp³-hybridized carbons (Fsp3) is 0.400. The van der Waals surface area contributed by atoms with Crippen LogP contribution in [0.15, 0.2) is 53.6 Å². The van der Waals surface area contributed by atoms with Gasteiger partial charge in [0.05, 0.1) is 12.0 Å². The number of H-pyrrole nitrogens is 1. The summed E-state index contributed by atoms with van der Waals surface area (Å²) >= 11 is 0. The summed E-state index contributed by atoms with van der Waals surface area (Å²) in [6, 6.07) is 12.5. The minimum absolute atomic E-state index is 0.104. The number of ether oxygens (including phenoxy) is 1. The van der Waals surface area contributed by atoms with E-state index in [1.54, 1.807) is 25.3 Å². The Bertz CT molecular complexity index is 1270. The van der Waals surface area contributed by atoms with Gasteiger partial charge in [-0.1, -0.05) is 6.07 Å². The highest BCUT2D eigenvalue weighted by Gasteiger charge is 2.29. The summed E-state index contributed by atoms with van der Waals surface area (Å²) in [5.41, 5.74) is 2.78. The van der Waals surface area contributed by atoms with Crippen LogP contribution in [0.5, 0.6) is 5.75 Å². The number of nitrogens with zero attached hydrogens (tertiary/aromatic N) is 2. The number of hydrogen-bond acceptors (Lipinski definition) is 4. The first kappa shape index (κ1) is 22.0. The zero-order valence-electron chi connectivity index (χ0n) is 18.8. The second-order valence-electron chi connectivity index (χ2n) is 8.86. The first-order chi connectivity index (χ1) is 16.0. The molecule has 1 aromatic heterocycles. The van der Waals surface area contributed by atoms with E-state index in [0.717, 1.165) is 36.9 Å². The Kier molecular flexibility index (Phi) is 5.88. The normalized spacial score (nSPS) is 18.2. The van der Waals surface area contributed by atoms with Gasteiger partial charge in [-0.2, -0.15) is 4.31 Å². The molecule has 2 fully saturated rings. The predicted octanol–water partition coefficient (Wildman–Crippen LogP) is 3.98. The van der Waals surface area contributed by atoms with Crippen molar-refractivity contribution in [3.63, 3.8) is 0 Å². The number of benzene rings is 2. The SMILES string of the molecule is COc1ccc2[nH]cc(C3CCN(C(=O)c4cccc(S(=O)(=O)N5CCCC5)c4)CC3)c2c1. The number of amides is 1. The highest BCUT2D eigenvalue weighted by atomic mass is 32.2. The van der Waals surface area contributed by atoms with E-state index >= 15 is 0 Å². The fourth-order valence-electron chi connectivity index (χ4n) is 5.03. The number of nitrogens with one attached hydrogen (secondary N) is 1. The number of piperidine rings is 1. The fourth-order valence-corrected chi connectivity index (χ4v) is 6.59. The standard InChI is InChI=1S/C25H29N3O4S/c1-32-20-7-8-24-22(16-20)23(17-26-24)18-9-13-27(14-10-18)25(29)19-5-4-6-21(15-19)33(30,31)28-11-2-3-12-28/h4-8,15-18,26H,2-3,9-14H2,1H3. The lowest BCUT2D eigenvalue weighted by Crippen LogP contribution is -2.38. The van der Waals surface area contributed by atoms with E-state index in [2.05, 4.69) is 17.2 Å². The molecule has 2 saturated heterocycles. The van der Waals surface area contributed by atoms with Gasteiger partial charge in [0.1, 0.15) is 5.75 Å². The van der Waals surface area contributed by atoms with Gasteiger partial charge in [0, 0.05) is 48.8 Å². The third-order valence-corrected chi connectivity index (χ3v) is 8.82. The van der Waals surface area contributed by atoms with Gasteiger partial charge < -0.3 is 14.6 Å². The number of carbonyl (C=O) groups excluding carboxylic acids is 1. The lowest BCUT2D eigenvalue weighted by molar-refractivity contribution is 0.0713. The molecule has 2 aliphatic heterocycles. The van der Waals surface area contributed by atoms with Crippen LogP contribution in [0.25, 0.3) is 10.9 Å². The number of aromatic nitrogens is 1. The van der Waals surface area contributed by atoms with Crippen molar-refractivity contribution in [2.24, 2.45) is 0 Å². The maximum absolute atomic E-state index is 13.2. The summed E-state index contributed by atoms with van der Waals surface area (Å²) in [4.78, 5) is 18.6. The Morgan fingerprint density at radius 1 is 1.03 bits per heavy atom. The molecule has 2 aliphatic rings. The lowest BCUT2D eigenvalue weighted by Gasteiger charge is -2.32. The van der Waals surface area contributed by atoms with Crippen molar-refractivity contribution < 1.29 is 17.9 Å². The van der Waals surface area contributed by atoms with Crippen molar-refractivity contribution in [3.05, 3.63) is 59.8 Å². The lowest BCUT2D eigenvalue weighted by atomic mass is 9.89. The van der Waals surface area contributed by atoms with Crippen molar-refractivity contribution in [2.75, 3.05) is 33.3 Å². The molecule has 0 unspecified atom stereocenters. The largest absolute Gasteiger partial charge is 0.497 e. The van der Waals surface area contributed by atoms with E-state index in [0.29, 0.717) is 37.7 Å². The summed E-state index contributed by atoms with van der Waals surface area (Å²) in [5.74, 6) is 1.09. The smallest absolute Gasteiger partial charge is 0.253 e. The third kappa shape index (κ3) is 4.13. The Morgan fingerprint density at radius 3 is 2.52 bits per heavy atom. The Labute approximate surface area is 194 Å². The van der Waals surface area contributed by atoms with Crippen LogP contribution in [0.2, 0.25) is 0 Å². The van der Waals surface area contributed by atoms with Crippen LogP contribution >= 0.6 is 0 Å². The minimum atomic E-state index is -3.54. The Hall–Kier alpha value is -2.84. The first-order valence-corrected chi connectivity index (χ1v) is 13.0. The second-order valence-corrected chi connectivity index (χ2v) is 10.8. The average Bonchev–Trinajstić information content (AvgIpc) is 3.54. The Balaban J connectivity index is 1.30. The van der Waals surface area contributed by atoms with Crippen LogP contribution in [0, 0.1) is 0 Å². The Morgan fingerprint density at radius 2 is 1.79 bits per heavy atom. The van der Waals surface area contributed by atoms with Crippen molar-refractivity contribution in [3.8, 4) is 5.75 Å². The average molecular weight is 468 g/mol. The van der Waals surface area contributed by atoms with Gasteiger partial charge in [0.25, 0.3) is 5.91 Å². The maximum Gasteiger partial charge on any atom is 0.253 e. The van der Waals surface area contributed by atoms with Gasteiger partial charge in [-0.05, 0) is 73.6 Å². The number of methoxy groups -OCH3 is 1. The van der Waals surface area contributed by atoms with Gasteiger partial charge >= 0.3 is 0 Å². The van der Waals surface area contributed by atoms with Crippen LogP contribution in [0.1, 0.15) is 47.5 Å². The molecular formula is C25H29N3O4S. The van der Waals surface area contributed by atoms with Crippen LogP contribution in [0.4, 0.5) is 0 Å². The molecule has 0 saturated carbocycles. The summed E-state index contributed by atoms with van der Waals surface area (Å²) in [7, 11) is -1.87. The monoisotopic (exact) mass is 467 g/mol. The molecule has 0 atom stereocenters. The van der Waals surface area contributed by atoms with Crippen LogP contribution in [-0.2, 0) is 10.0 Å². The van der Waals surface area contributed by atoms with Crippen molar-refractivity contribution in [1.29, 1.82) is 0 Å². The number of aromatic amines is 1. The zero-order valence-corrected chi connectivity index (χ0v) is 19.6. The molecule has 7 nitrogen and oxygen atoms in total. The van der Waals surface area contributed by atoms with Crippen LogP contribution < -0.4 is 4.74 Å². The number of rotatable bonds is 5. The molecule has 2 aromatic carbocycles. The molecule has 33 heavy (non-hydrogen) atoms. The quantitative estimate of drug-likeness (QED) is 0.615. The molecule has 0 aliphatic carbocycles. The summed E-state index contributed by atoms with van der Waals surface area (Å²) in [6.45, 7) is 2.38. The van der Waals surface area contributed by atoms with E-state index in [4.69, 9.17) is 4.74 Å². The molecule has 1 amide bonds. The van der Waals surface area contributed by atoms with Crippen molar-refractivity contribution in [1.82, 2.24) is 14.2 Å². The first-order valence-electron chi connectivity index (χ1n) is 11.5. The zero-order chi connectivity index (χ0) is 23.0. The number of likely N-dealkylation sites (tertiary alicyclic amines) is 1. The molecule has 1 N–H and O–H groups in total. The highest BCUT2D eigenvalue weighted by molar-refractivity contribution is 7.89. The van der Waals surface area contributed by atoms with Gasteiger partial charge in [0.15, 0.2) is 0 Å². The molecule has 0 spiro atoms. The van der Waals surface area contributed by atoms with Crippen LogP contribution in [-0.4, -0.2) is 61.8 Å². The van der Waals surface area contributed by atoms with E-state index in [-0.39, 0.29) is 10.8 Å². The molecular weight excluding hydrogens is 438 g/mol. The molecule has 3 aromatic rings. The molecule has 3 heterocycles.